The highest BCUT2D eigenvalue weighted by Crippen LogP contribution is 2.20. The van der Waals surface area contributed by atoms with E-state index in [1.165, 1.54) is 0 Å². The average Bonchev–Trinajstić information content (AvgIpc) is 3.18. The minimum atomic E-state index is -0.00670. The first-order chi connectivity index (χ1) is 15.1. The number of piperazine rings is 1. The molecule has 0 aliphatic carbocycles. The Labute approximate surface area is 204 Å². The highest BCUT2D eigenvalue weighted by Gasteiger charge is 2.22. The van der Waals surface area contributed by atoms with Gasteiger partial charge in [-0.15, -0.1) is 12.4 Å². The quantitative estimate of drug-likeness (QED) is 0.457. The number of carbonyl (C=O) groups excluding carboxylic acids is 1. The fourth-order valence-electron chi connectivity index (χ4n) is 3.90. The minimum absolute atomic E-state index is 0. The maximum Gasteiger partial charge on any atom is 0.254 e. The van der Waals surface area contributed by atoms with Gasteiger partial charge in [0.25, 0.3) is 5.91 Å². The highest BCUT2D eigenvalue weighted by molar-refractivity contribution is 6.35. The summed E-state index contributed by atoms with van der Waals surface area (Å²) in [5, 5.41) is 4.49. The van der Waals surface area contributed by atoms with Gasteiger partial charge in [0.15, 0.2) is 0 Å². The molecule has 172 valence electrons. The highest BCUT2D eigenvalue weighted by atomic mass is 35.5. The van der Waals surface area contributed by atoms with Gasteiger partial charge in [0.1, 0.15) is 5.82 Å². The van der Waals surface area contributed by atoms with Gasteiger partial charge in [0, 0.05) is 61.3 Å². The molecule has 3 aromatic rings. The Morgan fingerprint density at radius 1 is 1.03 bits per heavy atom. The summed E-state index contributed by atoms with van der Waals surface area (Å²) < 4.78 is 0. The summed E-state index contributed by atoms with van der Waals surface area (Å²) >= 11 is 12.1. The van der Waals surface area contributed by atoms with Crippen LogP contribution in [-0.2, 0) is 6.42 Å². The van der Waals surface area contributed by atoms with E-state index in [0.717, 1.165) is 75.5 Å². The van der Waals surface area contributed by atoms with Gasteiger partial charge in [0.05, 0.1) is 11.0 Å². The molecule has 1 aliphatic rings. The largest absolute Gasteiger partial charge is 0.342 e. The number of hydrogen-bond donors (Lipinski definition) is 2. The summed E-state index contributed by atoms with van der Waals surface area (Å²) in [5.41, 5.74) is 2.68. The number of nitrogens with zero attached hydrogens (tertiary/aromatic N) is 3. The molecule has 1 aliphatic heterocycles. The monoisotopic (exact) mass is 495 g/mol. The zero-order valence-electron chi connectivity index (χ0n) is 17.8. The van der Waals surface area contributed by atoms with Gasteiger partial charge in [-0.05, 0) is 43.3 Å². The molecule has 1 saturated heterocycles. The first kappa shape index (κ1) is 24.8. The molecule has 1 aromatic heterocycles. The van der Waals surface area contributed by atoms with Crippen molar-refractivity contribution in [1.29, 1.82) is 0 Å². The van der Waals surface area contributed by atoms with Crippen LogP contribution in [0, 0.1) is 0 Å². The molecule has 9 heteroatoms. The lowest BCUT2D eigenvalue weighted by Gasteiger charge is -2.34. The van der Waals surface area contributed by atoms with Crippen molar-refractivity contribution >= 4 is 52.5 Å². The van der Waals surface area contributed by atoms with Gasteiger partial charge < -0.3 is 15.2 Å². The van der Waals surface area contributed by atoms with Crippen molar-refractivity contribution in [3.05, 3.63) is 63.9 Å². The van der Waals surface area contributed by atoms with Crippen LogP contribution in [0.3, 0.4) is 0 Å². The van der Waals surface area contributed by atoms with Crippen LogP contribution in [0.5, 0.6) is 0 Å². The Balaban J connectivity index is 0.00000289. The number of aromatic amines is 1. The fraction of sp³-hybridized carbons (Fsp3) is 0.391. The van der Waals surface area contributed by atoms with Gasteiger partial charge in [-0.2, -0.15) is 0 Å². The summed E-state index contributed by atoms with van der Waals surface area (Å²) in [6.07, 6.45) is 1.99. The van der Waals surface area contributed by atoms with Crippen LogP contribution in [0.25, 0.3) is 11.0 Å². The number of hydrogen-bond acceptors (Lipinski definition) is 4. The molecule has 0 radical (unpaired) electrons. The number of rotatable bonds is 8. The molecule has 6 nitrogen and oxygen atoms in total. The molecule has 4 rings (SSSR count). The average molecular weight is 497 g/mol. The van der Waals surface area contributed by atoms with Crippen LogP contribution < -0.4 is 5.32 Å². The third kappa shape index (κ3) is 6.59. The lowest BCUT2D eigenvalue weighted by molar-refractivity contribution is 0.0638. The number of imidazole rings is 1. The molecule has 0 saturated carbocycles. The van der Waals surface area contributed by atoms with E-state index in [4.69, 9.17) is 23.2 Å². The van der Waals surface area contributed by atoms with Crippen LogP contribution >= 0.6 is 35.6 Å². The van der Waals surface area contributed by atoms with Crippen molar-refractivity contribution in [3.63, 3.8) is 0 Å². The molecular weight excluding hydrogens is 469 g/mol. The molecule has 1 amide bonds. The van der Waals surface area contributed by atoms with E-state index in [0.29, 0.717) is 15.6 Å². The van der Waals surface area contributed by atoms with E-state index < -0.39 is 0 Å². The molecule has 0 spiro atoms. The molecule has 2 N–H and O–H groups in total. The van der Waals surface area contributed by atoms with Crippen molar-refractivity contribution in [2.24, 2.45) is 0 Å². The molecule has 2 heterocycles. The van der Waals surface area contributed by atoms with Crippen molar-refractivity contribution in [1.82, 2.24) is 25.1 Å². The number of nitrogens with one attached hydrogen (secondary N) is 2. The Morgan fingerprint density at radius 2 is 1.75 bits per heavy atom. The second kappa shape index (κ2) is 11.9. The van der Waals surface area contributed by atoms with E-state index >= 15 is 0 Å². The maximum absolute atomic E-state index is 12.7. The predicted octanol–water partition coefficient (Wildman–Crippen LogP) is 4.27. The van der Waals surface area contributed by atoms with E-state index in [1.54, 1.807) is 18.2 Å². The Kier molecular flexibility index (Phi) is 9.20. The first-order valence-corrected chi connectivity index (χ1v) is 11.5. The lowest BCUT2D eigenvalue weighted by Crippen LogP contribution is -2.50. The third-order valence-electron chi connectivity index (χ3n) is 5.58. The molecule has 0 atom stereocenters. The van der Waals surface area contributed by atoms with Crippen LogP contribution in [0.1, 0.15) is 22.6 Å². The van der Waals surface area contributed by atoms with Crippen molar-refractivity contribution < 1.29 is 4.79 Å². The van der Waals surface area contributed by atoms with Crippen molar-refractivity contribution in [2.45, 2.75) is 12.8 Å². The molecule has 2 aromatic carbocycles. The van der Waals surface area contributed by atoms with Crippen LogP contribution in [-0.4, -0.2) is 71.5 Å². The van der Waals surface area contributed by atoms with E-state index in [-0.39, 0.29) is 18.3 Å². The van der Waals surface area contributed by atoms with Gasteiger partial charge >= 0.3 is 0 Å². The second-order valence-electron chi connectivity index (χ2n) is 7.85. The second-order valence-corrected chi connectivity index (χ2v) is 8.72. The zero-order chi connectivity index (χ0) is 21.6. The summed E-state index contributed by atoms with van der Waals surface area (Å²) in [4.78, 5) is 24.9. The van der Waals surface area contributed by atoms with Crippen molar-refractivity contribution in [3.8, 4) is 0 Å². The number of H-pyrrole nitrogens is 1. The number of aromatic nitrogens is 2. The summed E-state index contributed by atoms with van der Waals surface area (Å²) in [6.45, 7) is 6.07. The van der Waals surface area contributed by atoms with Crippen molar-refractivity contribution in [2.75, 3.05) is 45.8 Å². The standard InChI is InChI=1S/C23H27Cl2N5O.ClH/c24-18-14-17(15-19(25)16-18)23(31)30-12-10-29(11-13-30)9-8-26-7-3-6-22-27-20-4-1-2-5-21(20)28-22;/h1-2,4-5,14-16,26H,3,6-13H2,(H,27,28);1H. The van der Waals surface area contributed by atoms with Crippen LogP contribution in [0.4, 0.5) is 0 Å². The molecule has 1 fully saturated rings. The van der Waals surface area contributed by atoms with Gasteiger partial charge in [-0.25, -0.2) is 4.98 Å². The number of halogens is 3. The molecule has 32 heavy (non-hydrogen) atoms. The number of fused-ring (bicyclic) bond motifs is 1. The maximum atomic E-state index is 12.7. The van der Waals surface area contributed by atoms with E-state index in [9.17, 15) is 4.79 Å². The summed E-state index contributed by atoms with van der Waals surface area (Å²) in [6, 6.07) is 13.1. The number of amides is 1. The minimum Gasteiger partial charge on any atom is -0.342 e. The van der Waals surface area contributed by atoms with E-state index in [2.05, 4.69) is 26.3 Å². The molecule has 0 bridgehead atoms. The summed E-state index contributed by atoms with van der Waals surface area (Å²) in [7, 11) is 0. The number of carbonyl (C=O) groups is 1. The Bertz CT molecular complexity index is 980. The van der Waals surface area contributed by atoms with Crippen LogP contribution in [0.2, 0.25) is 10.0 Å². The van der Waals surface area contributed by atoms with Gasteiger partial charge in [0.2, 0.25) is 0 Å². The molecular formula is C23H28Cl3N5O. The summed E-state index contributed by atoms with van der Waals surface area (Å²) in [5.74, 6) is 1.04. The topological polar surface area (TPSA) is 64.3 Å². The fourth-order valence-corrected chi connectivity index (χ4v) is 4.43. The Morgan fingerprint density at radius 3 is 2.47 bits per heavy atom. The predicted molar refractivity (Wildman–Crippen MR) is 133 cm³/mol. The van der Waals surface area contributed by atoms with Crippen LogP contribution in [0.15, 0.2) is 42.5 Å². The number of benzene rings is 2. The zero-order valence-corrected chi connectivity index (χ0v) is 20.1. The number of para-hydroxylation sites is 2. The number of aryl methyl sites for hydroxylation is 1. The first-order valence-electron chi connectivity index (χ1n) is 10.7. The third-order valence-corrected chi connectivity index (χ3v) is 6.02. The SMILES string of the molecule is Cl.O=C(c1cc(Cl)cc(Cl)c1)N1CCN(CCNCCCc2nc3ccccc3[nH]2)CC1. The smallest absolute Gasteiger partial charge is 0.254 e. The van der Waals surface area contributed by atoms with Gasteiger partial charge in [-0.3, -0.25) is 9.69 Å². The lowest BCUT2D eigenvalue weighted by atomic mass is 10.2. The van der Waals surface area contributed by atoms with Gasteiger partial charge in [-0.1, -0.05) is 35.3 Å². The Hall–Kier alpha value is -1.83. The molecule has 0 unspecified atom stereocenters. The normalized spacial score (nSPS) is 14.5. The van der Waals surface area contributed by atoms with E-state index in [1.807, 2.05) is 23.1 Å².